The number of rotatable bonds is 3. The third-order valence-electron chi connectivity index (χ3n) is 3.81. The molecule has 1 saturated heterocycles. The first-order valence-corrected chi connectivity index (χ1v) is 8.72. The fourth-order valence-corrected chi connectivity index (χ4v) is 2.89. The van der Waals surface area contributed by atoms with Crippen LogP contribution in [0.15, 0.2) is 48.5 Å². The summed E-state index contributed by atoms with van der Waals surface area (Å²) in [4.78, 5) is 14.5. The number of carbonyl (C=O) groups excluding carboxylic acids is 1. The van der Waals surface area contributed by atoms with Crippen LogP contribution in [0.2, 0.25) is 5.02 Å². The van der Waals surface area contributed by atoms with Gasteiger partial charge in [0.25, 0.3) is 5.91 Å². The molecule has 5 nitrogen and oxygen atoms in total. The van der Waals surface area contributed by atoms with E-state index < -0.39 is 0 Å². The summed E-state index contributed by atoms with van der Waals surface area (Å²) < 4.78 is 5.31. The number of thiocarbonyl (C=S) groups is 1. The molecular weight excluding hydrogens is 358 g/mol. The number of para-hydroxylation sites is 1. The lowest BCUT2D eigenvalue weighted by Crippen LogP contribution is -2.41. The molecule has 0 saturated carbocycles. The first-order valence-electron chi connectivity index (χ1n) is 7.93. The Morgan fingerprint density at radius 1 is 1.04 bits per heavy atom. The van der Waals surface area contributed by atoms with Crippen LogP contribution in [-0.4, -0.2) is 42.2 Å². The number of nitrogens with zero attached hydrogens (tertiary/aromatic N) is 1. The van der Waals surface area contributed by atoms with E-state index in [0.29, 0.717) is 47.7 Å². The predicted molar refractivity (Wildman–Crippen MR) is 104 cm³/mol. The molecule has 1 heterocycles. The van der Waals surface area contributed by atoms with E-state index in [9.17, 15) is 4.79 Å². The second-order valence-corrected chi connectivity index (χ2v) is 6.38. The van der Waals surface area contributed by atoms with Gasteiger partial charge in [-0.25, -0.2) is 0 Å². The fraction of sp³-hybridized carbons (Fsp3) is 0.222. The van der Waals surface area contributed by atoms with Gasteiger partial charge in [-0.1, -0.05) is 23.7 Å². The molecule has 2 N–H and O–H groups in total. The standard InChI is InChI=1S/C18H18ClN3O2S/c19-13-5-7-14(8-6-13)20-18(25)21-16-4-2-1-3-15(16)17(23)22-9-11-24-12-10-22/h1-8H,9-12H2,(H2,20,21,25). The van der Waals surface area contributed by atoms with Gasteiger partial charge in [0.2, 0.25) is 0 Å². The van der Waals surface area contributed by atoms with E-state index in [-0.39, 0.29) is 5.91 Å². The van der Waals surface area contributed by atoms with Crippen LogP contribution in [0.1, 0.15) is 10.4 Å². The summed E-state index contributed by atoms with van der Waals surface area (Å²) in [5.74, 6) is -0.0271. The van der Waals surface area contributed by atoms with Gasteiger partial charge in [-0.3, -0.25) is 4.79 Å². The predicted octanol–water partition coefficient (Wildman–Crippen LogP) is 3.62. The molecule has 1 aliphatic heterocycles. The van der Waals surface area contributed by atoms with Gasteiger partial charge in [0.1, 0.15) is 0 Å². The number of carbonyl (C=O) groups is 1. The van der Waals surface area contributed by atoms with Crippen molar-refractivity contribution in [2.75, 3.05) is 36.9 Å². The second kappa shape index (κ2) is 8.29. The minimum absolute atomic E-state index is 0.0271. The Morgan fingerprint density at radius 3 is 2.44 bits per heavy atom. The summed E-state index contributed by atoms with van der Waals surface area (Å²) >= 11 is 11.2. The van der Waals surface area contributed by atoms with Crippen molar-refractivity contribution in [2.24, 2.45) is 0 Å². The Kier molecular flexibility index (Phi) is 5.86. The number of nitrogens with one attached hydrogen (secondary N) is 2. The molecule has 0 bridgehead atoms. The average Bonchev–Trinajstić information content (AvgIpc) is 2.64. The molecule has 0 unspecified atom stereocenters. The molecule has 0 spiro atoms. The highest BCUT2D eigenvalue weighted by atomic mass is 35.5. The zero-order chi connectivity index (χ0) is 17.6. The van der Waals surface area contributed by atoms with Gasteiger partial charge in [0.15, 0.2) is 5.11 Å². The number of morpholine rings is 1. The van der Waals surface area contributed by atoms with Crippen LogP contribution in [0.5, 0.6) is 0 Å². The molecule has 0 aromatic heterocycles. The lowest BCUT2D eigenvalue weighted by Gasteiger charge is -2.27. The Morgan fingerprint density at radius 2 is 1.72 bits per heavy atom. The molecule has 7 heteroatoms. The number of amides is 1. The lowest BCUT2D eigenvalue weighted by atomic mass is 10.1. The van der Waals surface area contributed by atoms with Crippen LogP contribution in [0.3, 0.4) is 0 Å². The molecule has 25 heavy (non-hydrogen) atoms. The minimum Gasteiger partial charge on any atom is -0.378 e. The van der Waals surface area contributed by atoms with Gasteiger partial charge in [-0.05, 0) is 48.6 Å². The van der Waals surface area contributed by atoms with Crippen LogP contribution in [-0.2, 0) is 4.74 Å². The molecule has 0 aliphatic carbocycles. The fourth-order valence-electron chi connectivity index (χ4n) is 2.53. The summed E-state index contributed by atoms with van der Waals surface area (Å²) in [5, 5.41) is 7.25. The van der Waals surface area contributed by atoms with Crippen molar-refractivity contribution in [1.82, 2.24) is 4.90 Å². The van der Waals surface area contributed by atoms with Crippen molar-refractivity contribution in [3.8, 4) is 0 Å². The maximum absolute atomic E-state index is 12.7. The molecule has 2 aromatic carbocycles. The first-order chi connectivity index (χ1) is 12.1. The quantitative estimate of drug-likeness (QED) is 0.802. The number of ether oxygens (including phenoxy) is 1. The van der Waals surface area contributed by atoms with Crippen molar-refractivity contribution in [1.29, 1.82) is 0 Å². The Balaban J connectivity index is 1.70. The lowest BCUT2D eigenvalue weighted by molar-refractivity contribution is 0.0303. The number of halogens is 1. The normalized spacial score (nSPS) is 14.0. The third-order valence-corrected chi connectivity index (χ3v) is 4.26. The third kappa shape index (κ3) is 4.69. The highest BCUT2D eigenvalue weighted by Crippen LogP contribution is 2.19. The maximum Gasteiger partial charge on any atom is 0.256 e. The molecule has 0 atom stereocenters. The Bertz CT molecular complexity index is 761. The van der Waals surface area contributed by atoms with Gasteiger partial charge in [-0.15, -0.1) is 0 Å². The highest BCUT2D eigenvalue weighted by molar-refractivity contribution is 7.80. The molecule has 2 aromatic rings. The van der Waals surface area contributed by atoms with Crippen molar-refractivity contribution in [3.05, 3.63) is 59.1 Å². The van der Waals surface area contributed by atoms with E-state index in [1.165, 1.54) is 0 Å². The summed E-state index contributed by atoms with van der Waals surface area (Å²) in [5.41, 5.74) is 2.08. The monoisotopic (exact) mass is 375 g/mol. The average molecular weight is 376 g/mol. The SMILES string of the molecule is O=C(c1ccccc1NC(=S)Nc1ccc(Cl)cc1)N1CCOCC1. The Labute approximate surface area is 156 Å². The summed E-state index contributed by atoms with van der Waals surface area (Å²) in [6.45, 7) is 2.33. The number of benzene rings is 2. The van der Waals surface area contributed by atoms with Crippen molar-refractivity contribution < 1.29 is 9.53 Å². The van der Waals surface area contributed by atoms with Crippen LogP contribution in [0, 0.1) is 0 Å². The Hall–Kier alpha value is -2.15. The molecule has 130 valence electrons. The van der Waals surface area contributed by atoms with E-state index >= 15 is 0 Å². The van der Waals surface area contributed by atoms with Gasteiger partial charge in [0.05, 0.1) is 24.5 Å². The van der Waals surface area contributed by atoms with Crippen LogP contribution >= 0.6 is 23.8 Å². The minimum atomic E-state index is -0.0271. The van der Waals surface area contributed by atoms with Crippen LogP contribution in [0.25, 0.3) is 0 Å². The smallest absolute Gasteiger partial charge is 0.256 e. The van der Waals surface area contributed by atoms with E-state index in [1.54, 1.807) is 23.1 Å². The molecule has 3 rings (SSSR count). The number of anilines is 2. The topological polar surface area (TPSA) is 53.6 Å². The van der Waals surface area contributed by atoms with E-state index in [1.807, 2.05) is 30.3 Å². The van der Waals surface area contributed by atoms with Crippen LogP contribution in [0.4, 0.5) is 11.4 Å². The van der Waals surface area contributed by atoms with Gasteiger partial charge >= 0.3 is 0 Å². The maximum atomic E-state index is 12.7. The van der Waals surface area contributed by atoms with E-state index in [0.717, 1.165) is 5.69 Å². The van der Waals surface area contributed by atoms with Gasteiger partial charge in [-0.2, -0.15) is 0 Å². The zero-order valence-electron chi connectivity index (χ0n) is 13.5. The van der Waals surface area contributed by atoms with Crippen LogP contribution < -0.4 is 10.6 Å². The summed E-state index contributed by atoms with van der Waals surface area (Å²) in [7, 11) is 0. The molecule has 1 amide bonds. The molecule has 1 aliphatic rings. The molecule has 0 radical (unpaired) electrons. The molecule has 1 fully saturated rings. The zero-order valence-corrected chi connectivity index (χ0v) is 15.1. The first kappa shape index (κ1) is 17.7. The second-order valence-electron chi connectivity index (χ2n) is 5.54. The van der Waals surface area contributed by atoms with E-state index in [4.69, 9.17) is 28.6 Å². The summed E-state index contributed by atoms with van der Waals surface area (Å²) in [6.07, 6.45) is 0. The van der Waals surface area contributed by atoms with Gasteiger partial charge < -0.3 is 20.3 Å². The highest BCUT2D eigenvalue weighted by Gasteiger charge is 2.21. The molecular formula is C18H18ClN3O2S. The van der Waals surface area contributed by atoms with Crippen molar-refractivity contribution >= 4 is 46.2 Å². The largest absolute Gasteiger partial charge is 0.378 e. The van der Waals surface area contributed by atoms with Crippen molar-refractivity contribution in [3.63, 3.8) is 0 Å². The number of hydrogen-bond donors (Lipinski definition) is 2. The van der Waals surface area contributed by atoms with Gasteiger partial charge in [0, 0.05) is 23.8 Å². The van der Waals surface area contributed by atoms with Crippen molar-refractivity contribution in [2.45, 2.75) is 0 Å². The summed E-state index contributed by atoms with van der Waals surface area (Å²) in [6, 6.07) is 14.6. The van der Waals surface area contributed by atoms with E-state index in [2.05, 4.69) is 10.6 Å². The number of hydrogen-bond acceptors (Lipinski definition) is 3.